The Morgan fingerprint density at radius 1 is 0.944 bits per heavy atom. The van der Waals surface area contributed by atoms with Gasteiger partial charge in [0.2, 0.25) is 5.91 Å². The van der Waals surface area contributed by atoms with Crippen LogP contribution in [-0.2, 0) is 4.79 Å². The molecule has 0 aliphatic carbocycles. The first-order valence-electron chi connectivity index (χ1n) is 5.70. The highest BCUT2D eigenvalue weighted by Crippen LogP contribution is 2.12. The molecule has 0 saturated carbocycles. The van der Waals surface area contributed by atoms with Crippen LogP contribution in [0.5, 0.6) is 0 Å². The Kier molecular flexibility index (Phi) is 3.78. The molecule has 0 bridgehead atoms. The second kappa shape index (κ2) is 5.70. The van der Waals surface area contributed by atoms with Crippen molar-refractivity contribution in [3.63, 3.8) is 0 Å². The minimum atomic E-state index is -0.0929. The first kappa shape index (κ1) is 11.9. The molecule has 2 aromatic rings. The van der Waals surface area contributed by atoms with Gasteiger partial charge >= 0.3 is 0 Å². The molecule has 0 fully saturated rings. The van der Waals surface area contributed by atoms with Gasteiger partial charge in [0.1, 0.15) is 0 Å². The summed E-state index contributed by atoms with van der Waals surface area (Å²) >= 11 is 0. The maximum atomic E-state index is 11.6. The number of amides is 1. The van der Waals surface area contributed by atoms with Crippen molar-refractivity contribution in [1.29, 1.82) is 0 Å². The van der Waals surface area contributed by atoms with Crippen LogP contribution in [0.3, 0.4) is 0 Å². The minimum Gasteiger partial charge on any atom is -0.274 e. The van der Waals surface area contributed by atoms with E-state index < -0.39 is 0 Å². The van der Waals surface area contributed by atoms with E-state index in [1.165, 1.54) is 11.8 Å². The number of benzene rings is 2. The number of carbonyl (C=O) groups is 1. The number of nitrogens with zero attached hydrogens (tertiary/aromatic N) is 1. The van der Waals surface area contributed by atoms with Gasteiger partial charge in [0.05, 0.1) is 5.69 Å². The van der Waals surface area contributed by atoms with E-state index in [0.717, 1.165) is 11.3 Å². The Balaban J connectivity index is 2.29. The molecule has 0 spiro atoms. The summed E-state index contributed by atoms with van der Waals surface area (Å²) < 4.78 is 0. The number of rotatable bonds is 1. The summed E-state index contributed by atoms with van der Waals surface area (Å²) in [4.78, 5) is 13.0. The lowest BCUT2D eigenvalue weighted by Gasteiger charge is -2.12. The van der Waals surface area contributed by atoms with Crippen LogP contribution in [0.2, 0.25) is 0 Å². The zero-order chi connectivity index (χ0) is 12.8. The molecule has 0 atom stereocenters. The molecule has 2 nitrogen and oxygen atoms in total. The SMILES string of the molecule is CC(=O)N(C#Cc1ccccc1)c1ccccc1. The van der Waals surface area contributed by atoms with E-state index in [9.17, 15) is 4.79 Å². The maximum absolute atomic E-state index is 11.6. The molecule has 0 aromatic heterocycles. The molecular formula is C16H13NO. The van der Waals surface area contributed by atoms with Crippen LogP contribution in [0.1, 0.15) is 12.5 Å². The van der Waals surface area contributed by atoms with Crippen molar-refractivity contribution in [1.82, 2.24) is 0 Å². The molecule has 0 heterocycles. The van der Waals surface area contributed by atoms with E-state index in [-0.39, 0.29) is 5.91 Å². The van der Waals surface area contributed by atoms with Gasteiger partial charge in [0, 0.05) is 18.5 Å². The van der Waals surface area contributed by atoms with Crippen LogP contribution >= 0.6 is 0 Å². The highest BCUT2D eigenvalue weighted by Gasteiger charge is 2.07. The predicted octanol–water partition coefficient (Wildman–Crippen LogP) is 3.05. The summed E-state index contributed by atoms with van der Waals surface area (Å²) in [7, 11) is 0. The van der Waals surface area contributed by atoms with Crippen molar-refractivity contribution in [2.45, 2.75) is 6.92 Å². The van der Waals surface area contributed by atoms with E-state index in [4.69, 9.17) is 0 Å². The summed E-state index contributed by atoms with van der Waals surface area (Å²) in [5, 5.41) is 0. The van der Waals surface area contributed by atoms with E-state index in [2.05, 4.69) is 12.0 Å². The monoisotopic (exact) mass is 235 g/mol. The molecule has 0 unspecified atom stereocenters. The third kappa shape index (κ3) is 2.99. The first-order valence-corrected chi connectivity index (χ1v) is 5.70. The fourth-order valence-electron chi connectivity index (χ4n) is 1.54. The van der Waals surface area contributed by atoms with E-state index in [1.54, 1.807) is 0 Å². The number of hydrogen-bond acceptors (Lipinski definition) is 1. The second-order valence-electron chi connectivity index (χ2n) is 3.79. The van der Waals surface area contributed by atoms with Gasteiger partial charge in [-0.1, -0.05) is 36.4 Å². The van der Waals surface area contributed by atoms with Crippen molar-refractivity contribution < 1.29 is 4.79 Å². The van der Waals surface area contributed by atoms with Gasteiger partial charge in [-0.2, -0.15) is 0 Å². The van der Waals surface area contributed by atoms with Gasteiger partial charge in [-0.25, -0.2) is 4.90 Å². The standard InChI is InChI=1S/C16H13NO/c1-14(18)17(16-10-6-3-7-11-16)13-12-15-8-4-2-5-9-15/h2-11H,1H3. The number of hydrogen-bond donors (Lipinski definition) is 0. The molecular weight excluding hydrogens is 222 g/mol. The Labute approximate surface area is 107 Å². The normalized spacial score (nSPS) is 9.17. The summed E-state index contributed by atoms with van der Waals surface area (Å²) in [5.74, 6) is 2.89. The van der Waals surface area contributed by atoms with E-state index in [0.29, 0.717) is 0 Å². The Bertz CT molecular complexity index is 579. The quantitative estimate of drug-likeness (QED) is 0.549. The van der Waals surface area contributed by atoms with E-state index >= 15 is 0 Å². The highest BCUT2D eigenvalue weighted by atomic mass is 16.2. The summed E-state index contributed by atoms with van der Waals surface area (Å²) in [6.07, 6.45) is 0. The topological polar surface area (TPSA) is 20.3 Å². The third-order valence-corrected chi connectivity index (χ3v) is 2.42. The van der Waals surface area contributed by atoms with Crippen LogP contribution in [0.4, 0.5) is 5.69 Å². The molecule has 0 saturated heterocycles. The molecule has 2 heteroatoms. The van der Waals surface area contributed by atoms with Gasteiger partial charge in [-0.3, -0.25) is 4.79 Å². The van der Waals surface area contributed by atoms with Crippen LogP contribution in [0.25, 0.3) is 0 Å². The number of carbonyl (C=O) groups excluding carboxylic acids is 1. The van der Waals surface area contributed by atoms with Gasteiger partial charge in [-0.05, 0) is 30.2 Å². The zero-order valence-electron chi connectivity index (χ0n) is 10.1. The van der Waals surface area contributed by atoms with Gasteiger partial charge < -0.3 is 0 Å². The lowest BCUT2D eigenvalue weighted by Crippen LogP contribution is -2.22. The first-order chi connectivity index (χ1) is 8.77. The van der Waals surface area contributed by atoms with E-state index in [1.807, 2.05) is 60.7 Å². The smallest absolute Gasteiger partial charge is 0.235 e. The molecule has 0 aliphatic heterocycles. The average molecular weight is 235 g/mol. The van der Waals surface area contributed by atoms with Crippen molar-refractivity contribution in [2.75, 3.05) is 4.90 Å². The van der Waals surface area contributed by atoms with Crippen molar-refractivity contribution >= 4 is 11.6 Å². The fourth-order valence-corrected chi connectivity index (χ4v) is 1.54. The molecule has 0 aliphatic rings. The third-order valence-electron chi connectivity index (χ3n) is 2.42. The number of para-hydroxylation sites is 1. The maximum Gasteiger partial charge on any atom is 0.235 e. The van der Waals surface area contributed by atoms with Gasteiger partial charge in [0.15, 0.2) is 0 Å². The molecule has 0 N–H and O–H groups in total. The molecule has 2 rings (SSSR count). The van der Waals surface area contributed by atoms with Crippen molar-refractivity contribution in [3.05, 3.63) is 66.2 Å². The average Bonchev–Trinajstić information content (AvgIpc) is 2.41. The van der Waals surface area contributed by atoms with Crippen molar-refractivity contribution in [2.24, 2.45) is 0 Å². The van der Waals surface area contributed by atoms with Crippen molar-refractivity contribution in [3.8, 4) is 12.0 Å². The second-order valence-corrected chi connectivity index (χ2v) is 3.79. The predicted molar refractivity (Wildman–Crippen MR) is 72.9 cm³/mol. The Morgan fingerprint density at radius 3 is 2.06 bits per heavy atom. The molecule has 2 aromatic carbocycles. The van der Waals surface area contributed by atoms with Crippen LogP contribution in [0, 0.1) is 12.0 Å². The fraction of sp³-hybridized carbons (Fsp3) is 0.0625. The van der Waals surface area contributed by atoms with Crippen LogP contribution in [0.15, 0.2) is 60.7 Å². The lowest BCUT2D eigenvalue weighted by molar-refractivity contribution is -0.115. The summed E-state index contributed by atoms with van der Waals surface area (Å²) in [5.41, 5.74) is 1.67. The lowest BCUT2D eigenvalue weighted by atomic mass is 10.2. The molecule has 18 heavy (non-hydrogen) atoms. The zero-order valence-corrected chi connectivity index (χ0v) is 10.1. The Hall–Kier alpha value is -2.53. The van der Waals surface area contributed by atoms with Crippen LogP contribution in [-0.4, -0.2) is 5.91 Å². The molecule has 1 amide bonds. The largest absolute Gasteiger partial charge is 0.274 e. The summed E-state index contributed by atoms with van der Waals surface area (Å²) in [6, 6.07) is 21.9. The molecule has 88 valence electrons. The van der Waals surface area contributed by atoms with Gasteiger partial charge in [0.25, 0.3) is 0 Å². The highest BCUT2D eigenvalue weighted by molar-refractivity contribution is 5.94. The van der Waals surface area contributed by atoms with Gasteiger partial charge in [-0.15, -0.1) is 0 Å². The van der Waals surface area contributed by atoms with Crippen LogP contribution < -0.4 is 4.90 Å². The molecule has 0 radical (unpaired) electrons. The number of anilines is 1. The minimum absolute atomic E-state index is 0.0929. The summed E-state index contributed by atoms with van der Waals surface area (Å²) in [6.45, 7) is 1.51. The Morgan fingerprint density at radius 2 is 1.50 bits per heavy atom.